The van der Waals surface area contributed by atoms with Crippen molar-refractivity contribution >= 4 is 34.1 Å². The zero-order valence-electron chi connectivity index (χ0n) is 17.5. The van der Waals surface area contributed by atoms with Gasteiger partial charge in [-0.2, -0.15) is 23.4 Å². The third-order valence-corrected chi connectivity index (χ3v) is 5.73. The molecule has 0 atom stereocenters. The van der Waals surface area contributed by atoms with Crippen LogP contribution in [0.2, 0.25) is 5.02 Å². The molecule has 2 aromatic carbocycles. The summed E-state index contributed by atoms with van der Waals surface area (Å²) in [7, 11) is 0. The number of nitrogens with one attached hydrogen (secondary N) is 1. The molecule has 0 unspecified atom stereocenters. The molecule has 7 nitrogen and oxygen atoms in total. The van der Waals surface area contributed by atoms with Gasteiger partial charge in [0.05, 0.1) is 23.1 Å². The maximum Gasteiger partial charge on any atom is 0.416 e. The summed E-state index contributed by atoms with van der Waals surface area (Å²) >= 11 is 6.10. The highest BCUT2D eigenvalue weighted by molar-refractivity contribution is 6.30. The number of hydrogen-bond acceptors (Lipinski definition) is 4. The number of carbonyl (C=O) groups excluding carboxylic acids is 1. The van der Waals surface area contributed by atoms with Crippen LogP contribution in [-0.2, 0) is 17.5 Å². The molecule has 0 radical (unpaired) electrons. The molecule has 1 N–H and O–H groups in total. The minimum atomic E-state index is -4.54. The number of anilines is 1. The number of fused-ring (bicyclic) bond motifs is 1. The predicted octanol–water partition coefficient (Wildman–Crippen LogP) is 4.77. The fraction of sp³-hybridized carbons (Fsp3) is 0.217. The summed E-state index contributed by atoms with van der Waals surface area (Å²) in [6.07, 6.45) is -1.16. The molecule has 5 rings (SSSR count). The molecule has 1 amide bonds. The fourth-order valence-electron chi connectivity index (χ4n) is 3.77. The third kappa shape index (κ3) is 4.28. The van der Waals surface area contributed by atoms with E-state index >= 15 is 0 Å². The van der Waals surface area contributed by atoms with Gasteiger partial charge in [-0.1, -0.05) is 23.7 Å². The van der Waals surface area contributed by atoms with Gasteiger partial charge in [-0.25, -0.2) is 9.36 Å². The van der Waals surface area contributed by atoms with Gasteiger partial charge in [0.2, 0.25) is 5.91 Å². The molecule has 1 saturated carbocycles. The molecular formula is C23H17ClF3N5O2. The van der Waals surface area contributed by atoms with E-state index in [2.05, 4.69) is 15.5 Å². The molecule has 0 bridgehead atoms. The number of aromatic nitrogens is 4. The first-order chi connectivity index (χ1) is 16.2. The number of carbonyl (C=O) groups is 1. The standard InChI is InChI=1S/C23H17ClF3N5O2/c24-15-4-2-6-17(10-15)32-21-18(11-28-32)20(13-7-8-13)30-31(22(21)34)12-19(33)29-16-5-1-3-14(9-16)23(25,26)27/h1-6,9-11,13H,7-8,12H2,(H,29,33). The number of alkyl halides is 3. The van der Waals surface area contributed by atoms with Gasteiger partial charge in [0.25, 0.3) is 5.56 Å². The second-order valence-corrected chi connectivity index (χ2v) is 8.48. The minimum absolute atomic E-state index is 0.0275. The average Bonchev–Trinajstić information content (AvgIpc) is 3.53. The van der Waals surface area contributed by atoms with Crippen molar-refractivity contribution in [3.8, 4) is 5.69 Å². The first kappa shape index (κ1) is 22.1. The van der Waals surface area contributed by atoms with Crippen LogP contribution in [0.15, 0.2) is 59.5 Å². The van der Waals surface area contributed by atoms with E-state index in [0.29, 0.717) is 21.8 Å². The predicted molar refractivity (Wildman–Crippen MR) is 120 cm³/mol. The van der Waals surface area contributed by atoms with Crippen LogP contribution < -0.4 is 10.9 Å². The Kier molecular flexibility index (Phi) is 5.40. The molecule has 2 heterocycles. The molecular weight excluding hydrogens is 471 g/mol. The Balaban J connectivity index is 1.51. The molecule has 34 heavy (non-hydrogen) atoms. The van der Waals surface area contributed by atoms with Gasteiger partial charge in [0.15, 0.2) is 0 Å². The van der Waals surface area contributed by atoms with Crippen LogP contribution in [0, 0.1) is 0 Å². The molecule has 4 aromatic rings. The van der Waals surface area contributed by atoms with Gasteiger partial charge in [0.1, 0.15) is 12.1 Å². The van der Waals surface area contributed by atoms with Crippen molar-refractivity contribution < 1.29 is 18.0 Å². The van der Waals surface area contributed by atoms with Gasteiger partial charge in [-0.3, -0.25) is 9.59 Å². The largest absolute Gasteiger partial charge is 0.416 e. The van der Waals surface area contributed by atoms with Crippen LogP contribution in [0.3, 0.4) is 0 Å². The van der Waals surface area contributed by atoms with Crippen LogP contribution in [-0.4, -0.2) is 25.5 Å². The van der Waals surface area contributed by atoms with Crippen molar-refractivity contribution in [2.45, 2.75) is 31.5 Å². The van der Waals surface area contributed by atoms with E-state index in [1.165, 1.54) is 16.8 Å². The highest BCUT2D eigenvalue weighted by Gasteiger charge is 2.31. The van der Waals surface area contributed by atoms with Gasteiger partial charge >= 0.3 is 6.18 Å². The Morgan fingerprint density at radius 3 is 2.62 bits per heavy atom. The van der Waals surface area contributed by atoms with Crippen LogP contribution >= 0.6 is 11.6 Å². The Hall–Kier alpha value is -3.66. The molecule has 0 aliphatic heterocycles. The topological polar surface area (TPSA) is 81.8 Å². The Morgan fingerprint density at radius 1 is 1.15 bits per heavy atom. The Labute approximate surface area is 195 Å². The highest BCUT2D eigenvalue weighted by Crippen LogP contribution is 2.41. The summed E-state index contributed by atoms with van der Waals surface area (Å²) < 4.78 is 41.4. The molecule has 1 aliphatic rings. The van der Waals surface area contributed by atoms with Crippen LogP contribution in [0.25, 0.3) is 16.6 Å². The van der Waals surface area contributed by atoms with E-state index in [4.69, 9.17) is 11.6 Å². The van der Waals surface area contributed by atoms with E-state index in [-0.39, 0.29) is 17.1 Å². The van der Waals surface area contributed by atoms with Crippen LogP contribution in [0.1, 0.15) is 30.0 Å². The van der Waals surface area contributed by atoms with E-state index in [1.807, 2.05) is 0 Å². The summed E-state index contributed by atoms with van der Waals surface area (Å²) in [6, 6.07) is 11.1. The maximum atomic E-state index is 13.3. The van der Waals surface area contributed by atoms with E-state index in [9.17, 15) is 22.8 Å². The molecule has 2 aromatic heterocycles. The monoisotopic (exact) mass is 487 g/mol. The van der Waals surface area contributed by atoms with Crippen LogP contribution in [0.4, 0.5) is 18.9 Å². The zero-order chi connectivity index (χ0) is 24.0. The number of rotatable bonds is 5. The number of hydrogen-bond donors (Lipinski definition) is 1. The molecule has 0 saturated heterocycles. The molecule has 1 fully saturated rings. The first-order valence-electron chi connectivity index (χ1n) is 10.4. The Morgan fingerprint density at radius 2 is 1.91 bits per heavy atom. The lowest BCUT2D eigenvalue weighted by molar-refractivity contribution is -0.137. The summed E-state index contributed by atoms with van der Waals surface area (Å²) in [5.74, 6) is -0.526. The minimum Gasteiger partial charge on any atom is -0.324 e. The molecule has 0 spiro atoms. The summed E-state index contributed by atoms with van der Waals surface area (Å²) in [6.45, 7) is -0.467. The smallest absolute Gasteiger partial charge is 0.324 e. The van der Waals surface area contributed by atoms with Crippen molar-refractivity contribution in [3.63, 3.8) is 0 Å². The molecule has 1 aliphatic carbocycles. The lowest BCUT2D eigenvalue weighted by Crippen LogP contribution is -2.31. The fourth-order valence-corrected chi connectivity index (χ4v) is 3.96. The second kappa shape index (κ2) is 8.28. The van der Waals surface area contributed by atoms with Crippen LogP contribution in [0.5, 0.6) is 0 Å². The third-order valence-electron chi connectivity index (χ3n) is 5.49. The quantitative estimate of drug-likeness (QED) is 0.439. The van der Waals surface area contributed by atoms with Crippen molar-refractivity contribution in [1.82, 2.24) is 19.6 Å². The number of amides is 1. The van der Waals surface area contributed by atoms with Gasteiger partial charge in [-0.15, -0.1) is 0 Å². The molecule has 174 valence electrons. The van der Waals surface area contributed by atoms with Gasteiger partial charge < -0.3 is 5.32 Å². The lowest BCUT2D eigenvalue weighted by atomic mass is 10.2. The van der Waals surface area contributed by atoms with Gasteiger partial charge in [-0.05, 0) is 49.2 Å². The SMILES string of the molecule is O=C(Cn1nc(C2CC2)c2cnn(-c3cccc(Cl)c3)c2c1=O)Nc1cccc(C(F)(F)F)c1. The average molecular weight is 488 g/mol. The summed E-state index contributed by atoms with van der Waals surface area (Å²) in [5, 5.41) is 12.2. The van der Waals surface area contributed by atoms with Crippen molar-refractivity contribution in [3.05, 3.63) is 81.4 Å². The number of benzene rings is 2. The molecule has 11 heteroatoms. The normalized spacial score (nSPS) is 13.9. The van der Waals surface area contributed by atoms with Crippen molar-refractivity contribution in [1.29, 1.82) is 0 Å². The van der Waals surface area contributed by atoms with Crippen molar-refractivity contribution in [2.75, 3.05) is 5.32 Å². The van der Waals surface area contributed by atoms with E-state index in [0.717, 1.165) is 29.7 Å². The number of halogens is 4. The first-order valence-corrected chi connectivity index (χ1v) is 10.8. The summed E-state index contributed by atoms with van der Waals surface area (Å²) in [4.78, 5) is 25.9. The second-order valence-electron chi connectivity index (χ2n) is 8.05. The highest BCUT2D eigenvalue weighted by atomic mass is 35.5. The van der Waals surface area contributed by atoms with E-state index < -0.39 is 29.8 Å². The summed E-state index contributed by atoms with van der Waals surface area (Å²) in [5.41, 5.74) is 0.0353. The van der Waals surface area contributed by atoms with Gasteiger partial charge in [0, 0.05) is 22.0 Å². The lowest BCUT2D eigenvalue weighted by Gasteiger charge is -2.12. The zero-order valence-corrected chi connectivity index (χ0v) is 18.3. The number of nitrogens with zero attached hydrogens (tertiary/aromatic N) is 4. The maximum absolute atomic E-state index is 13.3. The Bertz CT molecular complexity index is 1470. The van der Waals surface area contributed by atoms with E-state index in [1.54, 1.807) is 30.5 Å². The van der Waals surface area contributed by atoms with Crippen molar-refractivity contribution in [2.24, 2.45) is 0 Å².